The number of alkyl halides is 2. The van der Waals surface area contributed by atoms with Crippen molar-refractivity contribution in [2.75, 3.05) is 145 Å². The van der Waals surface area contributed by atoms with E-state index < -0.39 is 146 Å². The van der Waals surface area contributed by atoms with E-state index >= 15 is 0 Å². The highest BCUT2D eigenvalue weighted by Crippen LogP contribution is 2.47. The Labute approximate surface area is 661 Å². The average molecular weight is 1740 g/mol. The molecule has 0 saturated heterocycles. The normalized spacial score (nSPS) is 16.7. The van der Waals surface area contributed by atoms with Crippen LogP contribution in [0, 0.1) is 27.1 Å². The number of ether oxygens (including phenoxy) is 12. The molecule has 628 valence electrons. The first-order chi connectivity index (χ1) is 51.6. The number of esters is 7. The molecule has 2 aliphatic rings. The first-order valence-electron chi connectivity index (χ1n) is 35.6. The zero-order chi connectivity index (χ0) is 82.8. The molecule has 110 heavy (non-hydrogen) atoms. The van der Waals surface area contributed by atoms with Gasteiger partial charge in [-0.2, -0.15) is 0 Å². The van der Waals surface area contributed by atoms with Crippen LogP contribution in [-0.4, -0.2) is 280 Å². The number of hydrogen-bond donors (Lipinski definition) is 10. The summed E-state index contributed by atoms with van der Waals surface area (Å²) in [4.78, 5) is 167. The number of amides is 2. The van der Waals surface area contributed by atoms with Crippen molar-refractivity contribution in [3.05, 3.63) is 23.8 Å². The van der Waals surface area contributed by atoms with Crippen molar-refractivity contribution >= 4 is 127 Å². The zero-order valence-electron chi connectivity index (χ0n) is 64.6. The molecule has 10 atom stereocenters. The van der Waals surface area contributed by atoms with Crippen LogP contribution in [0.5, 0.6) is 0 Å². The minimum absolute atomic E-state index is 0.0128. The van der Waals surface area contributed by atoms with E-state index in [0.29, 0.717) is 56.7 Å². The third-order valence-electron chi connectivity index (χ3n) is 16.5. The quantitative estimate of drug-likeness (QED) is 0.0104. The van der Waals surface area contributed by atoms with Gasteiger partial charge in [-0.05, 0) is 121 Å². The molecule has 0 saturated carbocycles. The fraction of sp³-hybridized carbons (Fsp3) is 0.754. The highest BCUT2D eigenvalue weighted by molar-refractivity contribution is 9.10. The van der Waals surface area contributed by atoms with Crippen LogP contribution in [0.1, 0.15) is 133 Å². The molecular weight excluding hydrogens is 1630 g/mol. The second-order valence-electron chi connectivity index (χ2n) is 28.7. The maximum Gasteiger partial charge on any atom is 0.323 e. The molecule has 8 unspecified atom stereocenters. The average Bonchev–Trinajstić information content (AvgIpc) is 0.867. The Morgan fingerprint density at radius 1 is 0.482 bits per heavy atom. The number of carbonyl (C=O) groups is 13. The van der Waals surface area contributed by atoms with Gasteiger partial charge in [0, 0.05) is 51.3 Å². The third-order valence-corrected chi connectivity index (χ3v) is 18.6. The standard InChI is InChI=1S/C69H114Br2N8O29P2/c1-63(2,39-65(5,58(92)107-45-109-10)41-68(8,70)61(95)103-36-49-31-78(76-74-49)19-25-98-22-12-21-97-23-17-52(84)72-47(33-80)13-15-54(86)87)56(90)105-43-67(7,60(94)102-30-29-101-38-51(83)35-82)44-106-57(91)64(3,4)40-66(6,59(93)108-46-110-11)42-69(9,71)62(96)104-37-50-32-79(77-75-50)20-26-100-28-27-99-24-18-53(85)73-48(34-81)14-16-55(88)89/h31-34,47-48,51,74-77,82-83,109-110H,12-30,35-46H2,1-11H3,(H,72,84)(H,73,85)(H,86,87)(H,88,89)/t47-,48-,51?,65?,66?,67?,68?,69?/m0/s1. The van der Waals surface area contributed by atoms with Crippen molar-refractivity contribution in [2.24, 2.45) is 27.1 Å². The van der Waals surface area contributed by atoms with Gasteiger partial charge in [-0.15, -0.1) is 11.1 Å². The van der Waals surface area contributed by atoms with Crippen LogP contribution in [0.2, 0.25) is 0 Å². The van der Waals surface area contributed by atoms with E-state index in [4.69, 9.17) is 67.1 Å². The van der Waals surface area contributed by atoms with Gasteiger partial charge in [0.05, 0.1) is 118 Å². The molecule has 0 spiro atoms. The smallest absolute Gasteiger partial charge is 0.323 e. The summed E-state index contributed by atoms with van der Waals surface area (Å²) in [6.45, 7) is 15.8. The Hall–Kier alpha value is -6.35. The van der Waals surface area contributed by atoms with Gasteiger partial charge in [-0.1, -0.05) is 49.0 Å². The number of carboxylic acids is 2. The van der Waals surface area contributed by atoms with Gasteiger partial charge in [-0.25, -0.2) is 0 Å². The number of nitrogens with one attached hydrogen (secondary N) is 6. The van der Waals surface area contributed by atoms with Gasteiger partial charge in [0.2, 0.25) is 11.8 Å². The van der Waals surface area contributed by atoms with E-state index in [2.05, 4.69) is 64.4 Å². The summed E-state index contributed by atoms with van der Waals surface area (Å²) in [5.41, 5.74) is 4.29. The number of carbonyl (C=O) groups excluding carboxylic acids is 11. The Bertz CT molecular complexity index is 3060. The largest absolute Gasteiger partial charge is 0.481 e. The van der Waals surface area contributed by atoms with Gasteiger partial charge in [0.25, 0.3) is 0 Å². The van der Waals surface area contributed by atoms with Crippen molar-refractivity contribution in [1.29, 1.82) is 0 Å². The molecule has 2 aliphatic heterocycles. The number of hydrogen-bond acceptors (Lipinski definition) is 33. The van der Waals surface area contributed by atoms with E-state index in [9.17, 15) is 72.5 Å². The Morgan fingerprint density at radius 3 is 1.25 bits per heavy atom. The number of halogens is 2. The molecular formula is C69H114Br2N8O29P2. The Balaban J connectivity index is 2.15. The minimum atomic E-state index is -1.96. The highest BCUT2D eigenvalue weighted by atomic mass is 79.9. The van der Waals surface area contributed by atoms with Crippen molar-refractivity contribution < 1.29 is 140 Å². The van der Waals surface area contributed by atoms with Crippen molar-refractivity contribution in [3.8, 4) is 0 Å². The predicted octanol–water partition coefficient (Wildman–Crippen LogP) is 2.30. The van der Waals surface area contributed by atoms with Crippen molar-refractivity contribution in [3.63, 3.8) is 0 Å². The zero-order valence-corrected chi connectivity index (χ0v) is 69.8. The molecule has 2 heterocycles. The molecule has 0 aliphatic carbocycles. The van der Waals surface area contributed by atoms with Gasteiger partial charge in [0.1, 0.15) is 78.5 Å². The summed E-state index contributed by atoms with van der Waals surface area (Å²) < 4.78 is 64.5. The highest BCUT2D eigenvalue weighted by Gasteiger charge is 2.53. The van der Waals surface area contributed by atoms with E-state index in [-0.39, 0.29) is 160 Å². The maximum absolute atomic E-state index is 14.5. The van der Waals surface area contributed by atoms with E-state index in [1.165, 1.54) is 62.3 Å². The Morgan fingerprint density at radius 2 is 0.864 bits per heavy atom. The second-order valence-corrected chi connectivity index (χ2v) is 34.2. The summed E-state index contributed by atoms with van der Waals surface area (Å²) in [5, 5.41) is 44.8. The lowest BCUT2D eigenvalue weighted by atomic mass is 9.69. The number of aliphatic hydroxyl groups excluding tert-OH is 2. The molecule has 37 nitrogen and oxygen atoms in total. The van der Waals surface area contributed by atoms with E-state index in [0.717, 1.165) is 0 Å². The van der Waals surface area contributed by atoms with Crippen LogP contribution in [-0.2, 0) is 119 Å². The lowest BCUT2D eigenvalue weighted by molar-refractivity contribution is -0.178. The first-order valence-corrected chi connectivity index (χ1v) is 40.6. The van der Waals surface area contributed by atoms with Crippen molar-refractivity contribution in [1.82, 2.24) is 42.6 Å². The second kappa shape index (κ2) is 50.7. The first kappa shape index (κ1) is 99.7. The number of rotatable bonds is 62. The molecule has 0 aromatic rings. The fourth-order valence-electron chi connectivity index (χ4n) is 11.1. The molecule has 0 bridgehead atoms. The van der Waals surface area contributed by atoms with E-state index in [1.807, 2.05) is 13.3 Å². The molecule has 2 rings (SSSR count). The number of aliphatic hydroxyl groups is 2. The van der Waals surface area contributed by atoms with Gasteiger partial charge >= 0.3 is 53.7 Å². The Kier molecular flexibility index (Phi) is 46.0. The van der Waals surface area contributed by atoms with Crippen LogP contribution in [0.25, 0.3) is 0 Å². The lowest BCUT2D eigenvalue weighted by Gasteiger charge is -2.38. The number of hydrazine groups is 4. The summed E-state index contributed by atoms with van der Waals surface area (Å²) in [6.07, 6.45) is 1.94. The molecule has 0 aromatic carbocycles. The number of aliphatic carboxylic acids is 2. The molecule has 2 amide bonds. The topological polar surface area (TPSA) is 492 Å². The van der Waals surface area contributed by atoms with Crippen molar-refractivity contribution in [2.45, 2.75) is 160 Å². The van der Waals surface area contributed by atoms with Crippen LogP contribution in [0.4, 0.5) is 0 Å². The van der Waals surface area contributed by atoms with Crippen LogP contribution >= 0.6 is 49.0 Å². The summed E-state index contributed by atoms with van der Waals surface area (Å²) >= 11 is 6.99. The predicted molar refractivity (Wildman–Crippen MR) is 403 cm³/mol. The molecule has 0 radical (unpaired) electrons. The van der Waals surface area contributed by atoms with Crippen LogP contribution < -0.4 is 32.6 Å². The van der Waals surface area contributed by atoms with Crippen LogP contribution in [0.3, 0.4) is 0 Å². The number of nitrogens with zero attached hydrogens (tertiary/aromatic N) is 2. The number of aldehydes is 2. The number of carboxylic acid groups (broad SMARTS) is 2. The molecule has 0 aromatic heterocycles. The summed E-state index contributed by atoms with van der Waals surface area (Å²) in [5.74, 6) is -8.93. The monoisotopic (exact) mass is 1740 g/mol. The fourth-order valence-corrected chi connectivity index (χ4v) is 13.1. The van der Waals surface area contributed by atoms with E-state index in [1.54, 1.807) is 22.4 Å². The molecule has 10 N–H and O–H groups in total. The van der Waals surface area contributed by atoms with Gasteiger partial charge < -0.3 is 108 Å². The van der Waals surface area contributed by atoms with Gasteiger partial charge in [0.15, 0.2) is 0 Å². The van der Waals surface area contributed by atoms with Crippen LogP contribution in [0.15, 0.2) is 23.8 Å². The third kappa shape index (κ3) is 38.9. The maximum atomic E-state index is 14.5. The SMILES string of the molecule is CPCOC(=O)C(C)(CC(C)(C)C(=O)OCC(C)(COC(=O)C(C)(C)CC(C)(CC(C)(Br)C(=O)OCC1=CN(CCOCCOCCC(=O)N[C@H](C=O)CCC(=O)O)NN1)C(=O)OCPC)C(=O)OCCOCC(O)CO)CC(C)(Br)C(=O)OCC1=CN(CCOCCCOCCC(=O)N[C@H](C=O)CCC(=O)O)NN1. The summed E-state index contributed by atoms with van der Waals surface area (Å²) in [7, 11) is 0.374. The minimum Gasteiger partial charge on any atom is -0.481 e. The lowest BCUT2D eigenvalue weighted by Crippen LogP contribution is -2.47. The summed E-state index contributed by atoms with van der Waals surface area (Å²) in [6, 6.07) is -1.80. The molecule has 41 heteroatoms. The molecule has 0 fully saturated rings. The van der Waals surface area contributed by atoms with Gasteiger partial charge in [-0.3, -0.25) is 62.8 Å².